The van der Waals surface area contributed by atoms with Gasteiger partial charge in [-0.2, -0.15) is 0 Å². The second-order valence-electron chi connectivity index (χ2n) is 7.67. The van der Waals surface area contributed by atoms with Crippen LogP contribution in [0.25, 0.3) is 0 Å². The topological polar surface area (TPSA) is 71.1 Å². The summed E-state index contributed by atoms with van der Waals surface area (Å²) in [7, 11) is 4.97. The molecule has 2 aliphatic heterocycles. The number of nitrogens with one attached hydrogen (secondary N) is 1. The van der Waals surface area contributed by atoms with Gasteiger partial charge in [-0.3, -0.25) is 9.59 Å². The zero-order valence-electron chi connectivity index (χ0n) is 17.6. The van der Waals surface area contributed by atoms with E-state index in [4.69, 9.17) is 9.47 Å². The summed E-state index contributed by atoms with van der Waals surface area (Å²) in [6.07, 6.45) is 3.04. The number of amides is 2. The zero-order chi connectivity index (χ0) is 21.3. The highest BCUT2D eigenvalue weighted by molar-refractivity contribution is 6.07. The summed E-state index contributed by atoms with van der Waals surface area (Å²) in [5.74, 6) is 1.25. The molecule has 2 aliphatic rings. The molecule has 30 heavy (non-hydrogen) atoms. The zero-order valence-corrected chi connectivity index (χ0v) is 17.6. The molecular weight excluding hydrogens is 382 g/mol. The van der Waals surface area contributed by atoms with Gasteiger partial charge >= 0.3 is 0 Å². The molecule has 0 spiro atoms. The summed E-state index contributed by atoms with van der Waals surface area (Å²) in [6.45, 7) is 1.20. The molecule has 1 saturated heterocycles. The van der Waals surface area contributed by atoms with Crippen molar-refractivity contribution in [1.29, 1.82) is 0 Å². The molecular formula is C23H27N3O4. The fraction of sp³-hybridized carbons (Fsp3) is 0.391. The minimum atomic E-state index is -0.197. The molecule has 2 heterocycles. The highest BCUT2D eigenvalue weighted by Gasteiger charge is 2.38. The lowest BCUT2D eigenvalue weighted by Crippen LogP contribution is -2.54. The van der Waals surface area contributed by atoms with E-state index in [-0.39, 0.29) is 17.9 Å². The molecule has 4 rings (SSSR count). The van der Waals surface area contributed by atoms with Crippen molar-refractivity contribution in [2.24, 2.45) is 0 Å². The number of ether oxygens (including phenoxy) is 2. The molecule has 0 radical (unpaired) electrons. The van der Waals surface area contributed by atoms with E-state index in [2.05, 4.69) is 10.2 Å². The fourth-order valence-corrected chi connectivity index (χ4v) is 4.27. The van der Waals surface area contributed by atoms with E-state index in [9.17, 15) is 9.59 Å². The molecule has 2 amide bonds. The van der Waals surface area contributed by atoms with Gasteiger partial charge < -0.3 is 24.6 Å². The van der Waals surface area contributed by atoms with Crippen molar-refractivity contribution in [2.75, 3.05) is 37.6 Å². The first-order valence-electron chi connectivity index (χ1n) is 10.2. The molecule has 2 aromatic carbocycles. The first kappa shape index (κ1) is 20.1. The Morgan fingerprint density at radius 1 is 1.10 bits per heavy atom. The normalized spacial score (nSPS) is 17.8. The van der Waals surface area contributed by atoms with Crippen LogP contribution in [0, 0.1) is 0 Å². The predicted molar refractivity (Wildman–Crippen MR) is 116 cm³/mol. The number of methoxy groups -OCH3 is 2. The van der Waals surface area contributed by atoms with Crippen LogP contribution in [-0.4, -0.2) is 45.7 Å². The Kier molecular flexibility index (Phi) is 5.53. The second kappa shape index (κ2) is 8.26. The summed E-state index contributed by atoms with van der Waals surface area (Å²) in [5, 5.41) is 2.94. The van der Waals surface area contributed by atoms with Crippen molar-refractivity contribution in [1.82, 2.24) is 5.32 Å². The second-order valence-corrected chi connectivity index (χ2v) is 7.67. The van der Waals surface area contributed by atoms with Crippen LogP contribution in [0.5, 0.6) is 11.5 Å². The number of hydrogen-bond donors (Lipinski definition) is 1. The molecule has 1 fully saturated rings. The van der Waals surface area contributed by atoms with Gasteiger partial charge in [0.15, 0.2) is 0 Å². The number of fused-ring (bicyclic) bond motifs is 3. The molecule has 0 saturated carbocycles. The van der Waals surface area contributed by atoms with Gasteiger partial charge in [-0.05, 0) is 49.6 Å². The third-order valence-corrected chi connectivity index (χ3v) is 5.96. The molecule has 0 aliphatic carbocycles. The predicted octanol–water partition coefficient (Wildman–Crippen LogP) is 2.97. The smallest absolute Gasteiger partial charge is 0.251 e. The van der Waals surface area contributed by atoms with Gasteiger partial charge in [0.05, 0.1) is 25.6 Å². The minimum absolute atomic E-state index is 0.0848. The van der Waals surface area contributed by atoms with Gasteiger partial charge in [-0.1, -0.05) is 0 Å². The Morgan fingerprint density at radius 2 is 1.93 bits per heavy atom. The monoisotopic (exact) mass is 409 g/mol. The first-order valence-corrected chi connectivity index (χ1v) is 10.2. The van der Waals surface area contributed by atoms with Crippen LogP contribution in [-0.2, 0) is 11.3 Å². The maximum Gasteiger partial charge on any atom is 0.251 e. The van der Waals surface area contributed by atoms with Gasteiger partial charge in [0.1, 0.15) is 17.5 Å². The molecule has 0 unspecified atom stereocenters. The summed E-state index contributed by atoms with van der Waals surface area (Å²) >= 11 is 0. The highest BCUT2D eigenvalue weighted by Crippen LogP contribution is 2.39. The molecule has 7 nitrogen and oxygen atoms in total. The minimum Gasteiger partial charge on any atom is -0.497 e. The number of piperidine rings is 1. The van der Waals surface area contributed by atoms with E-state index in [1.54, 1.807) is 38.3 Å². The fourth-order valence-electron chi connectivity index (χ4n) is 4.27. The van der Waals surface area contributed by atoms with E-state index >= 15 is 0 Å². The average molecular weight is 409 g/mol. The molecule has 1 N–H and O–H groups in total. The van der Waals surface area contributed by atoms with Crippen LogP contribution in [0.1, 0.15) is 35.2 Å². The van der Waals surface area contributed by atoms with Crippen molar-refractivity contribution in [3.05, 3.63) is 47.5 Å². The molecule has 158 valence electrons. The lowest BCUT2D eigenvalue weighted by molar-refractivity contribution is -0.120. The van der Waals surface area contributed by atoms with Crippen molar-refractivity contribution >= 4 is 23.2 Å². The van der Waals surface area contributed by atoms with Crippen LogP contribution in [0.4, 0.5) is 11.4 Å². The Morgan fingerprint density at radius 3 is 2.70 bits per heavy atom. The van der Waals surface area contributed by atoms with E-state index in [0.717, 1.165) is 42.7 Å². The highest BCUT2D eigenvalue weighted by atomic mass is 16.5. The maximum absolute atomic E-state index is 12.8. The van der Waals surface area contributed by atoms with E-state index < -0.39 is 0 Å². The van der Waals surface area contributed by atoms with Crippen LogP contribution in [0.2, 0.25) is 0 Å². The van der Waals surface area contributed by atoms with Crippen molar-refractivity contribution in [3.63, 3.8) is 0 Å². The quantitative estimate of drug-likeness (QED) is 0.822. The SMILES string of the molecule is COc1ccc(CNC(=O)c2ccc3c(c2)N(C)C(=O)[C@@H]2CCCCN32)c(OC)c1. The van der Waals surface area contributed by atoms with E-state index in [0.29, 0.717) is 23.6 Å². The van der Waals surface area contributed by atoms with Crippen LogP contribution in [0.3, 0.4) is 0 Å². The Balaban J connectivity index is 1.53. The number of rotatable bonds is 5. The van der Waals surface area contributed by atoms with Gasteiger partial charge in [0.2, 0.25) is 5.91 Å². The number of carbonyl (C=O) groups excluding carboxylic acids is 2. The number of likely N-dealkylation sites (N-methyl/N-ethyl adjacent to an activating group) is 1. The Bertz CT molecular complexity index is 975. The van der Waals surface area contributed by atoms with Crippen molar-refractivity contribution in [2.45, 2.75) is 31.8 Å². The molecule has 1 atom stereocenters. The first-order chi connectivity index (χ1) is 14.5. The summed E-state index contributed by atoms with van der Waals surface area (Å²) in [4.78, 5) is 29.5. The number of carbonyl (C=O) groups is 2. The van der Waals surface area contributed by atoms with Crippen LogP contribution in [0.15, 0.2) is 36.4 Å². The number of benzene rings is 2. The van der Waals surface area contributed by atoms with Gasteiger partial charge in [0.25, 0.3) is 5.91 Å². The van der Waals surface area contributed by atoms with Crippen molar-refractivity contribution < 1.29 is 19.1 Å². The third kappa shape index (κ3) is 3.56. The van der Waals surface area contributed by atoms with E-state index in [1.807, 2.05) is 24.3 Å². The number of nitrogens with zero attached hydrogens (tertiary/aromatic N) is 2. The van der Waals surface area contributed by atoms with Crippen molar-refractivity contribution in [3.8, 4) is 11.5 Å². The standard InChI is InChI=1S/C23H27N3O4/c1-25-20-12-15(8-10-18(20)26-11-5-4-6-19(26)23(25)28)22(27)24-14-16-7-9-17(29-2)13-21(16)30-3/h7-10,12-13,19H,4-6,11,14H2,1-3H3,(H,24,27)/t19-/m0/s1. The third-order valence-electron chi connectivity index (χ3n) is 5.96. The Labute approximate surface area is 176 Å². The van der Waals surface area contributed by atoms with Gasteiger partial charge in [0, 0.05) is 37.3 Å². The van der Waals surface area contributed by atoms with E-state index in [1.165, 1.54) is 0 Å². The largest absolute Gasteiger partial charge is 0.497 e. The van der Waals surface area contributed by atoms with Gasteiger partial charge in [-0.15, -0.1) is 0 Å². The maximum atomic E-state index is 12.8. The summed E-state index contributed by atoms with van der Waals surface area (Å²) in [5.41, 5.74) is 3.19. The lowest BCUT2D eigenvalue weighted by atomic mass is 9.96. The molecule has 0 aromatic heterocycles. The molecule has 0 bridgehead atoms. The number of anilines is 2. The van der Waals surface area contributed by atoms with Crippen LogP contribution < -0.4 is 24.6 Å². The van der Waals surface area contributed by atoms with Crippen LogP contribution >= 0.6 is 0 Å². The summed E-state index contributed by atoms with van der Waals surface area (Å²) in [6, 6.07) is 11.0. The number of hydrogen-bond acceptors (Lipinski definition) is 5. The van der Waals surface area contributed by atoms with Gasteiger partial charge in [-0.25, -0.2) is 0 Å². The lowest BCUT2D eigenvalue weighted by Gasteiger charge is -2.44. The molecule has 7 heteroatoms. The Hall–Kier alpha value is -3.22. The average Bonchev–Trinajstić information content (AvgIpc) is 2.80. The summed E-state index contributed by atoms with van der Waals surface area (Å²) < 4.78 is 10.6. The molecule has 2 aromatic rings.